The minimum atomic E-state index is -3.64. The molecule has 0 heterocycles. The van der Waals surface area contributed by atoms with Crippen LogP contribution in [0.2, 0.25) is 0 Å². The third-order valence-corrected chi connectivity index (χ3v) is 4.29. The van der Waals surface area contributed by atoms with Gasteiger partial charge in [-0.25, -0.2) is 12.8 Å². The molecule has 0 unspecified atom stereocenters. The molecule has 2 N–H and O–H groups in total. The fourth-order valence-corrected chi connectivity index (χ4v) is 3.09. The summed E-state index contributed by atoms with van der Waals surface area (Å²) in [6.45, 7) is 0.0599. The van der Waals surface area contributed by atoms with Crippen LogP contribution in [0, 0.1) is 5.82 Å². The Morgan fingerprint density at radius 3 is 2.14 bits per heavy atom. The number of ether oxygens (including phenoxy) is 3. The molecular weight excluding hydrogens is 391 g/mol. The molecule has 8 nitrogen and oxygen atoms in total. The first-order chi connectivity index (χ1) is 13.2. The molecule has 1 amide bonds. The molecule has 0 atom stereocenters. The Morgan fingerprint density at radius 1 is 1.04 bits per heavy atom. The summed E-state index contributed by atoms with van der Waals surface area (Å²) >= 11 is 0. The molecule has 0 bridgehead atoms. The van der Waals surface area contributed by atoms with Crippen molar-refractivity contribution in [2.24, 2.45) is 0 Å². The van der Waals surface area contributed by atoms with Gasteiger partial charge in [0.2, 0.25) is 15.8 Å². The number of carbonyl (C=O) groups excluding carboxylic acids is 1. The highest BCUT2D eigenvalue weighted by Gasteiger charge is 2.17. The van der Waals surface area contributed by atoms with Crippen molar-refractivity contribution < 1.29 is 31.8 Å². The number of halogens is 1. The molecule has 0 saturated heterocycles. The van der Waals surface area contributed by atoms with Crippen molar-refractivity contribution in [3.63, 3.8) is 0 Å². The number of benzene rings is 2. The quantitative estimate of drug-likeness (QED) is 0.689. The summed E-state index contributed by atoms with van der Waals surface area (Å²) in [5, 5.41) is 2.62. The second kappa shape index (κ2) is 8.79. The molecule has 0 aliphatic carbocycles. The highest BCUT2D eigenvalue weighted by Crippen LogP contribution is 2.38. The molecule has 0 spiro atoms. The maximum absolute atomic E-state index is 13.6. The standard InChI is InChI=1S/C18H21FN2O6S/c1-25-15-7-11(8-16(26-2)17(15)27-3)10-20-18(22)13-9-12(19)5-6-14(13)21-28(4,23)24/h5-9,21H,10H2,1-4H3,(H,20,22). The van der Waals surface area contributed by atoms with Gasteiger partial charge in [0.25, 0.3) is 5.91 Å². The van der Waals surface area contributed by atoms with E-state index in [0.29, 0.717) is 22.8 Å². The summed E-state index contributed by atoms with van der Waals surface area (Å²) in [5.41, 5.74) is 0.473. The van der Waals surface area contributed by atoms with Gasteiger partial charge < -0.3 is 19.5 Å². The van der Waals surface area contributed by atoms with E-state index < -0.39 is 21.7 Å². The van der Waals surface area contributed by atoms with Gasteiger partial charge in [0.05, 0.1) is 38.8 Å². The summed E-state index contributed by atoms with van der Waals surface area (Å²) in [4.78, 5) is 12.5. The van der Waals surface area contributed by atoms with Crippen LogP contribution in [0.25, 0.3) is 0 Å². The van der Waals surface area contributed by atoms with E-state index in [0.717, 1.165) is 18.4 Å². The van der Waals surface area contributed by atoms with Crippen LogP contribution in [-0.2, 0) is 16.6 Å². The van der Waals surface area contributed by atoms with Crippen molar-refractivity contribution in [3.8, 4) is 17.2 Å². The molecule has 2 aromatic rings. The fraction of sp³-hybridized carbons (Fsp3) is 0.278. The molecule has 2 aromatic carbocycles. The largest absolute Gasteiger partial charge is 0.493 e. The first-order valence-electron chi connectivity index (χ1n) is 8.03. The molecule has 0 aromatic heterocycles. The number of hydrogen-bond acceptors (Lipinski definition) is 6. The van der Waals surface area contributed by atoms with E-state index in [1.807, 2.05) is 0 Å². The maximum atomic E-state index is 13.6. The van der Waals surface area contributed by atoms with E-state index in [9.17, 15) is 17.6 Å². The van der Waals surface area contributed by atoms with E-state index in [-0.39, 0.29) is 17.8 Å². The molecule has 0 saturated carbocycles. The van der Waals surface area contributed by atoms with Crippen molar-refractivity contribution in [2.45, 2.75) is 6.54 Å². The SMILES string of the molecule is COc1cc(CNC(=O)c2cc(F)ccc2NS(C)(=O)=O)cc(OC)c1OC. The zero-order valence-corrected chi connectivity index (χ0v) is 16.6. The molecule has 2 rings (SSSR count). The van der Waals surface area contributed by atoms with Crippen molar-refractivity contribution >= 4 is 21.6 Å². The number of sulfonamides is 1. The monoisotopic (exact) mass is 412 g/mol. The highest BCUT2D eigenvalue weighted by atomic mass is 32.2. The topological polar surface area (TPSA) is 103 Å². The highest BCUT2D eigenvalue weighted by molar-refractivity contribution is 7.92. The number of carbonyl (C=O) groups is 1. The predicted octanol–water partition coefficient (Wildman–Crippen LogP) is 2.15. The van der Waals surface area contributed by atoms with Gasteiger partial charge in [0, 0.05) is 6.54 Å². The number of anilines is 1. The van der Waals surface area contributed by atoms with Crippen LogP contribution < -0.4 is 24.2 Å². The van der Waals surface area contributed by atoms with Gasteiger partial charge in [-0.15, -0.1) is 0 Å². The van der Waals surface area contributed by atoms with E-state index >= 15 is 0 Å². The third kappa shape index (κ3) is 5.26. The molecular formula is C18H21FN2O6S. The van der Waals surface area contributed by atoms with Gasteiger partial charge >= 0.3 is 0 Å². The lowest BCUT2D eigenvalue weighted by Crippen LogP contribution is -2.25. The summed E-state index contributed by atoms with van der Waals surface area (Å²) < 4.78 is 54.5. The van der Waals surface area contributed by atoms with Gasteiger partial charge in [-0.05, 0) is 35.9 Å². The lowest BCUT2D eigenvalue weighted by Gasteiger charge is -2.15. The minimum Gasteiger partial charge on any atom is -0.493 e. The Bertz CT molecular complexity index is 953. The summed E-state index contributed by atoms with van der Waals surface area (Å²) in [7, 11) is 0.772. The van der Waals surface area contributed by atoms with Crippen LogP contribution in [0.3, 0.4) is 0 Å². The number of hydrogen-bond donors (Lipinski definition) is 2. The lowest BCUT2D eigenvalue weighted by molar-refractivity contribution is 0.0951. The number of nitrogens with one attached hydrogen (secondary N) is 2. The average Bonchev–Trinajstić information content (AvgIpc) is 2.65. The Labute approximate surface area is 162 Å². The first-order valence-corrected chi connectivity index (χ1v) is 9.92. The number of rotatable bonds is 8. The van der Waals surface area contributed by atoms with Crippen molar-refractivity contribution in [3.05, 3.63) is 47.3 Å². The maximum Gasteiger partial charge on any atom is 0.253 e. The molecule has 152 valence electrons. The van der Waals surface area contributed by atoms with Crippen LogP contribution in [0.5, 0.6) is 17.2 Å². The van der Waals surface area contributed by atoms with Crippen LogP contribution in [0.1, 0.15) is 15.9 Å². The van der Waals surface area contributed by atoms with Gasteiger partial charge in [0.1, 0.15) is 5.82 Å². The van der Waals surface area contributed by atoms with Crippen molar-refractivity contribution in [1.29, 1.82) is 0 Å². The van der Waals surface area contributed by atoms with Crippen molar-refractivity contribution in [1.82, 2.24) is 5.32 Å². The summed E-state index contributed by atoms with van der Waals surface area (Å²) in [5.74, 6) is -0.0891. The fourth-order valence-electron chi connectivity index (χ4n) is 2.51. The zero-order chi connectivity index (χ0) is 20.9. The molecule has 10 heteroatoms. The smallest absolute Gasteiger partial charge is 0.253 e. The van der Waals surface area contributed by atoms with Crippen LogP contribution >= 0.6 is 0 Å². The second-order valence-corrected chi connectivity index (χ2v) is 7.53. The minimum absolute atomic E-state index is 0.0220. The van der Waals surface area contributed by atoms with Crippen LogP contribution in [0.4, 0.5) is 10.1 Å². The average molecular weight is 412 g/mol. The van der Waals surface area contributed by atoms with Crippen LogP contribution in [0.15, 0.2) is 30.3 Å². The predicted molar refractivity (Wildman–Crippen MR) is 102 cm³/mol. The summed E-state index contributed by atoms with van der Waals surface area (Å²) in [6.07, 6.45) is 0.938. The molecule has 0 aliphatic rings. The number of methoxy groups -OCH3 is 3. The lowest BCUT2D eigenvalue weighted by atomic mass is 10.1. The normalized spacial score (nSPS) is 10.9. The van der Waals surface area contributed by atoms with E-state index in [2.05, 4.69) is 10.0 Å². The Balaban J connectivity index is 2.26. The van der Waals surface area contributed by atoms with Gasteiger partial charge in [-0.3, -0.25) is 9.52 Å². The number of amides is 1. The Kier molecular flexibility index (Phi) is 6.68. The first kappa shape index (κ1) is 21.3. The zero-order valence-electron chi connectivity index (χ0n) is 15.8. The van der Waals surface area contributed by atoms with Gasteiger partial charge in [0.15, 0.2) is 11.5 Å². The molecule has 0 fully saturated rings. The molecule has 28 heavy (non-hydrogen) atoms. The van der Waals surface area contributed by atoms with Gasteiger partial charge in [-0.2, -0.15) is 0 Å². The van der Waals surface area contributed by atoms with E-state index in [1.165, 1.54) is 27.4 Å². The van der Waals surface area contributed by atoms with Gasteiger partial charge in [-0.1, -0.05) is 0 Å². The van der Waals surface area contributed by atoms with E-state index in [4.69, 9.17) is 14.2 Å². The Hall–Kier alpha value is -3.01. The molecule has 0 aliphatic heterocycles. The molecule has 0 radical (unpaired) electrons. The van der Waals surface area contributed by atoms with E-state index in [1.54, 1.807) is 12.1 Å². The Morgan fingerprint density at radius 2 is 1.64 bits per heavy atom. The summed E-state index contributed by atoms with van der Waals surface area (Å²) in [6, 6.07) is 6.51. The van der Waals surface area contributed by atoms with Crippen molar-refractivity contribution in [2.75, 3.05) is 32.3 Å². The van der Waals surface area contributed by atoms with Crippen LogP contribution in [-0.4, -0.2) is 41.9 Å². The second-order valence-electron chi connectivity index (χ2n) is 5.78. The third-order valence-electron chi connectivity index (χ3n) is 3.70.